The number of hydrogen-bond donors (Lipinski definition) is 0. The molecule has 0 unspecified atom stereocenters. The zero-order valence-electron chi connectivity index (χ0n) is 33.7. The first kappa shape index (κ1) is 34.1. The van der Waals surface area contributed by atoms with Crippen LogP contribution in [0.15, 0.2) is 205 Å². The van der Waals surface area contributed by atoms with Crippen molar-refractivity contribution >= 4 is 97.9 Å². The monoisotopic (exact) mass is 803 g/mol. The maximum atomic E-state index is 7.39. The van der Waals surface area contributed by atoms with Gasteiger partial charge in [0.05, 0.1) is 16.6 Å². The number of fused-ring (bicyclic) bond motifs is 17. The van der Waals surface area contributed by atoms with Crippen molar-refractivity contribution < 1.29 is 4.42 Å². The van der Waals surface area contributed by atoms with Crippen LogP contribution in [0.2, 0.25) is 0 Å². The number of para-hydroxylation sites is 1. The highest BCUT2D eigenvalue weighted by Gasteiger charge is 2.30. The normalized spacial score (nSPS) is 12.1. The molecule has 14 rings (SSSR count). The summed E-state index contributed by atoms with van der Waals surface area (Å²) in [5, 5.41) is 13.5. The second-order valence-corrected chi connectivity index (χ2v) is 16.3. The van der Waals surface area contributed by atoms with Gasteiger partial charge in [0.2, 0.25) is 5.95 Å². The Labute approximate surface area is 359 Å². The Morgan fingerprint density at radius 1 is 0.349 bits per heavy atom. The van der Waals surface area contributed by atoms with Gasteiger partial charge in [0.1, 0.15) is 11.1 Å². The fourth-order valence-corrected chi connectivity index (χ4v) is 10.2. The predicted octanol–water partition coefficient (Wildman–Crippen LogP) is 14.8. The van der Waals surface area contributed by atoms with Crippen molar-refractivity contribution in [3.05, 3.63) is 200 Å². The minimum atomic E-state index is 0.512. The molecule has 0 spiro atoms. The van der Waals surface area contributed by atoms with Crippen LogP contribution in [0.4, 0.5) is 0 Å². The molecular formula is C57H33N5O. The second kappa shape index (κ2) is 12.9. The third kappa shape index (κ3) is 4.86. The van der Waals surface area contributed by atoms with E-state index in [0.717, 1.165) is 98.5 Å². The number of furan rings is 1. The van der Waals surface area contributed by atoms with E-state index >= 15 is 0 Å². The van der Waals surface area contributed by atoms with Gasteiger partial charge >= 0.3 is 0 Å². The summed E-state index contributed by atoms with van der Waals surface area (Å²) in [6.45, 7) is 0. The van der Waals surface area contributed by atoms with E-state index in [9.17, 15) is 0 Å². The van der Waals surface area contributed by atoms with Crippen molar-refractivity contribution in [2.45, 2.75) is 0 Å². The summed E-state index contributed by atoms with van der Waals surface area (Å²) in [5.74, 6) is 1.69. The standard InChI is InChI=1S/C57H33N5O/c1-4-18-36(19-5-1)55-58-56(37-20-6-2-7-21-37)60-57(59-55)62-51-42-27-15-13-17-35(42)28-30-43(51)49-52-50(48-44-32-38-22-10-11-23-39(38)33-46(44)63-54(48)53(49)62)47-41-26-14-12-16-34(41)29-31-45(47)61(52)40-24-8-3-9-25-40/h1-33H. The molecule has 0 saturated carbocycles. The van der Waals surface area contributed by atoms with E-state index in [1.807, 2.05) is 36.4 Å². The van der Waals surface area contributed by atoms with Crippen LogP contribution >= 0.6 is 0 Å². The number of aromatic nitrogens is 5. The van der Waals surface area contributed by atoms with E-state index in [0.29, 0.717) is 17.6 Å². The average molecular weight is 804 g/mol. The molecule has 0 atom stereocenters. The lowest BCUT2D eigenvalue weighted by Gasteiger charge is -2.12. The molecular weight excluding hydrogens is 771 g/mol. The zero-order chi connectivity index (χ0) is 41.2. The van der Waals surface area contributed by atoms with Gasteiger partial charge in [-0.15, -0.1) is 0 Å². The summed E-state index contributed by atoms with van der Waals surface area (Å²) in [6.07, 6.45) is 0. The SMILES string of the molecule is c1ccc(-c2nc(-c3ccccc3)nc(-n3c4c5ccccc5ccc4c4c5c(c6c7cc8ccccc8cc7oc6c43)c3c4ccccc4ccc3n5-c3ccccc3)n2)cc1. The van der Waals surface area contributed by atoms with Crippen molar-refractivity contribution in [1.29, 1.82) is 0 Å². The van der Waals surface area contributed by atoms with Gasteiger partial charge in [-0.2, -0.15) is 9.97 Å². The first-order valence-corrected chi connectivity index (χ1v) is 21.3. The summed E-state index contributed by atoms with van der Waals surface area (Å²) >= 11 is 0. The van der Waals surface area contributed by atoms with E-state index in [1.165, 1.54) is 16.2 Å². The second-order valence-electron chi connectivity index (χ2n) is 16.3. The molecule has 0 bridgehead atoms. The zero-order valence-corrected chi connectivity index (χ0v) is 33.7. The van der Waals surface area contributed by atoms with Crippen LogP contribution in [0.5, 0.6) is 0 Å². The number of rotatable bonds is 4. The van der Waals surface area contributed by atoms with Gasteiger partial charge in [-0.3, -0.25) is 4.57 Å². The highest BCUT2D eigenvalue weighted by molar-refractivity contribution is 6.42. The van der Waals surface area contributed by atoms with Crippen LogP contribution in [0.1, 0.15) is 0 Å². The Morgan fingerprint density at radius 3 is 1.62 bits per heavy atom. The van der Waals surface area contributed by atoms with Crippen molar-refractivity contribution in [2.75, 3.05) is 0 Å². The van der Waals surface area contributed by atoms with Crippen LogP contribution in [-0.2, 0) is 0 Å². The van der Waals surface area contributed by atoms with Crippen molar-refractivity contribution in [2.24, 2.45) is 0 Å². The van der Waals surface area contributed by atoms with Crippen molar-refractivity contribution in [3.8, 4) is 34.4 Å². The molecule has 0 fully saturated rings. The average Bonchev–Trinajstić information content (AvgIpc) is 4.02. The molecule has 4 heterocycles. The number of nitrogens with zero attached hydrogens (tertiary/aromatic N) is 5. The molecule has 6 nitrogen and oxygen atoms in total. The number of hydrogen-bond acceptors (Lipinski definition) is 4. The Bertz CT molecular complexity index is 4130. The topological polar surface area (TPSA) is 61.7 Å². The van der Waals surface area contributed by atoms with Crippen molar-refractivity contribution in [1.82, 2.24) is 24.1 Å². The van der Waals surface area contributed by atoms with Crippen LogP contribution in [0.25, 0.3) is 132 Å². The molecule has 292 valence electrons. The van der Waals surface area contributed by atoms with Gasteiger partial charge < -0.3 is 8.98 Å². The summed E-state index contributed by atoms with van der Waals surface area (Å²) in [4.78, 5) is 16.0. The van der Waals surface area contributed by atoms with Crippen LogP contribution in [-0.4, -0.2) is 24.1 Å². The van der Waals surface area contributed by atoms with Gasteiger partial charge in [-0.05, 0) is 57.3 Å². The first-order chi connectivity index (χ1) is 31.3. The minimum Gasteiger partial charge on any atom is -0.454 e. The molecule has 14 aromatic rings. The van der Waals surface area contributed by atoms with E-state index < -0.39 is 0 Å². The Hall–Kier alpha value is -8.61. The molecule has 10 aromatic carbocycles. The molecule has 4 aromatic heterocycles. The molecule has 0 amide bonds. The lowest BCUT2D eigenvalue weighted by Crippen LogP contribution is -2.06. The maximum absolute atomic E-state index is 7.39. The molecule has 6 heteroatoms. The molecule has 0 aliphatic rings. The Balaban J connectivity index is 1.30. The van der Waals surface area contributed by atoms with Gasteiger partial charge in [-0.25, -0.2) is 4.98 Å². The first-order valence-electron chi connectivity index (χ1n) is 21.3. The smallest absolute Gasteiger partial charge is 0.238 e. The molecule has 0 N–H and O–H groups in total. The maximum Gasteiger partial charge on any atom is 0.238 e. The largest absolute Gasteiger partial charge is 0.454 e. The van der Waals surface area contributed by atoms with Crippen LogP contribution in [0, 0.1) is 0 Å². The molecule has 0 aliphatic heterocycles. The van der Waals surface area contributed by atoms with Crippen molar-refractivity contribution in [3.63, 3.8) is 0 Å². The fraction of sp³-hybridized carbons (Fsp3) is 0. The quantitative estimate of drug-likeness (QED) is 0.178. The fourth-order valence-electron chi connectivity index (χ4n) is 10.2. The third-order valence-electron chi connectivity index (χ3n) is 12.9. The van der Waals surface area contributed by atoms with Gasteiger partial charge in [0.25, 0.3) is 0 Å². The van der Waals surface area contributed by atoms with Gasteiger partial charge in [0, 0.05) is 54.5 Å². The minimum absolute atomic E-state index is 0.512. The Morgan fingerprint density at radius 2 is 0.921 bits per heavy atom. The van der Waals surface area contributed by atoms with Gasteiger partial charge in [0.15, 0.2) is 17.2 Å². The Kier molecular flexibility index (Phi) is 7.02. The van der Waals surface area contributed by atoms with Gasteiger partial charge in [-0.1, -0.05) is 170 Å². The highest BCUT2D eigenvalue weighted by Crippen LogP contribution is 2.51. The summed E-state index contributed by atoms with van der Waals surface area (Å²) in [7, 11) is 0. The van der Waals surface area contributed by atoms with Crippen LogP contribution < -0.4 is 0 Å². The third-order valence-corrected chi connectivity index (χ3v) is 12.9. The summed E-state index contributed by atoms with van der Waals surface area (Å²) in [6, 6.07) is 70.6. The molecule has 63 heavy (non-hydrogen) atoms. The summed E-state index contributed by atoms with van der Waals surface area (Å²) < 4.78 is 12.1. The van der Waals surface area contributed by atoms with Crippen LogP contribution in [0.3, 0.4) is 0 Å². The molecule has 0 radical (unpaired) electrons. The molecule has 0 aliphatic carbocycles. The van der Waals surface area contributed by atoms with E-state index in [2.05, 4.69) is 173 Å². The lowest BCUT2D eigenvalue weighted by molar-refractivity contribution is 0.671. The summed E-state index contributed by atoms with van der Waals surface area (Å²) in [5.41, 5.74) is 8.62. The highest BCUT2D eigenvalue weighted by atomic mass is 16.3. The predicted molar refractivity (Wildman–Crippen MR) is 259 cm³/mol. The van der Waals surface area contributed by atoms with E-state index in [4.69, 9.17) is 19.4 Å². The lowest BCUT2D eigenvalue weighted by atomic mass is 9.97. The van der Waals surface area contributed by atoms with E-state index in [-0.39, 0.29) is 0 Å². The molecule has 0 saturated heterocycles. The van der Waals surface area contributed by atoms with E-state index in [1.54, 1.807) is 0 Å². The number of benzene rings is 10.